The first-order chi connectivity index (χ1) is 10.6. The average molecular weight is 315 g/mol. The molecule has 0 aliphatic carbocycles. The van der Waals surface area contributed by atoms with Gasteiger partial charge in [0.25, 0.3) is 5.91 Å². The summed E-state index contributed by atoms with van der Waals surface area (Å²) < 4.78 is 14.9. The third-order valence-electron chi connectivity index (χ3n) is 3.97. The summed E-state index contributed by atoms with van der Waals surface area (Å²) in [6, 6.07) is 8.13. The molecular weight excluding hydrogens is 301 g/mol. The molecule has 4 rings (SSSR count). The minimum Gasteiger partial charge on any atom is -0.338 e. The van der Waals surface area contributed by atoms with Gasteiger partial charge >= 0.3 is 0 Å². The van der Waals surface area contributed by atoms with Crippen LogP contribution in [0.5, 0.6) is 0 Å². The lowest BCUT2D eigenvalue weighted by atomic mass is 10.2. The Labute approximate surface area is 130 Å². The molecule has 0 radical (unpaired) electrons. The summed E-state index contributed by atoms with van der Waals surface area (Å²) in [4.78, 5) is 15.9. The number of thiophene rings is 1. The number of hydrogen-bond acceptors (Lipinski definition) is 3. The second kappa shape index (κ2) is 4.91. The number of likely N-dealkylation sites (tertiary alicyclic amines) is 1. The van der Waals surface area contributed by atoms with Crippen LogP contribution in [-0.4, -0.2) is 33.7 Å². The first-order valence-electron chi connectivity index (χ1n) is 7.18. The summed E-state index contributed by atoms with van der Waals surface area (Å²) in [6.45, 7) is 3.61. The third kappa shape index (κ3) is 2.02. The molecular formula is C16H14FN3OS. The standard InChI is InChI=1S/C16H14FN3OS/c1-10-13-9-14(15(21)19-7-2-8-19)22-16(13)20(18-10)12-5-3-11(17)4-6-12/h3-6,9H,2,7-8H2,1H3. The van der Waals surface area contributed by atoms with E-state index >= 15 is 0 Å². The topological polar surface area (TPSA) is 38.1 Å². The van der Waals surface area contributed by atoms with Gasteiger partial charge in [-0.2, -0.15) is 5.10 Å². The summed E-state index contributed by atoms with van der Waals surface area (Å²) in [6.07, 6.45) is 1.08. The molecule has 1 aliphatic heterocycles. The predicted molar refractivity (Wildman–Crippen MR) is 84.2 cm³/mol. The number of amides is 1. The van der Waals surface area contributed by atoms with Gasteiger partial charge in [-0.25, -0.2) is 9.07 Å². The van der Waals surface area contributed by atoms with Gasteiger partial charge in [0.15, 0.2) is 0 Å². The minimum atomic E-state index is -0.274. The highest BCUT2D eigenvalue weighted by Crippen LogP contribution is 2.31. The Bertz CT molecular complexity index is 862. The van der Waals surface area contributed by atoms with Crippen LogP contribution >= 0.6 is 11.3 Å². The summed E-state index contributed by atoms with van der Waals surface area (Å²) in [5, 5.41) is 5.49. The van der Waals surface area contributed by atoms with Crippen molar-refractivity contribution >= 4 is 27.5 Å². The van der Waals surface area contributed by atoms with E-state index in [2.05, 4.69) is 5.10 Å². The second-order valence-corrected chi connectivity index (χ2v) is 6.48. The van der Waals surface area contributed by atoms with E-state index in [1.807, 2.05) is 17.9 Å². The highest BCUT2D eigenvalue weighted by Gasteiger charge is 2.24. The lowest BCUT2D eigenvalue weighted by molar-refractivity contribution is 0.0657. The van der Waals surface area contributed by atoms with E-state index < -0.39 is 0 Å². The lowest BCUT2D eigenvalue weighted by Crippen LogP contribution is -2.41. The van der Waals surface area contributed by atoms with Crippen LogP contribution in [0, 0.1) is 12.7 Å². The number of fused-ring (bicyclic) bond motifs is 1. The van der Waals surface area contributed by atoms with Crippen molar-refractivity contribution in [3.63, 3.8) is 0 Å². The maximum atomic E-state index is 13.1. The Hall–Kier alpha value is -2.21. The molecule has 112 valence electrons. The molecule has 0 unspecified atom stereocenters. The fourth-order valence-electron chi connectivity index (χ4n) is 2.59. The Morgan fingerprint density at radius 2 is 2.00 bits per heavy atom. The number of aromatic nitrogens is 2. The normalized spacial score (nSPS) is 14.4. The van der Waals surface area contributed by atoms with Gasteiger partial charge in [0.1, 0.15) is 10.6 Å². The van der Waals surface area contributed by atoms with E-state index in [0.29, 0.717) is 0 Å². The highest BCUT2D eigenvalue weighted by molar-refractivity contribution is 7.20. The molecule has 0 atom stereocenters. The molecule has 0 saturated carbocycles. The number of carbonyl (C=O) groups is 1. The maximum absolute atomic E-state index is 13.1. The number of aryl methyl sites for hydroxylation is 1. The van der Waals surface area contributed by atoms with Crippen LogP contribution in [0.1, 0.15) is 21.8 Å². The largest absolute Gasteiger partial charge is 0.338 e. The van der Waals surface area contributed by atoms with Crippen LogP contribution in [0.25, 0.3) is 15.9 Å². The fraction of sp³-hybridized carbons (Fsp3) is 0.250. The van der Waals surface area contributed by atoms with E-state index in [1.54, 1.807) is 16.8 Å². The summed E-state index contributed by atoms with van der Waals surface area (Å²) in [5.74, 6) is -0.179. The summed E-state index contributed by atoms with van der Waals surface area (Å²) >= 11 is 1.44. The lowest BCUT2D eigenvalue weighted by Gasteiger charge is -2.30. The molecule has 22 heavy (non-hydrogen) atoms. The van der Waals surface area contributed by atoms with Crippen LogP contribution in [0.15, 0.2) is 30.3 Å². The smallest absolute Gasteiger partial charge is 0.264 e. The third-order valence-corrected chi connectivity index (χ3v) is 5.07. The SMILES string of the molecule is Cc1nn(-c2ccc(F)cc2)c2sc(C(=O)N3CCC3)cc12. The molecule has 1 amide bonds. The number of carbonyl (C=O) groups excluding carboxylic acids is 1. The minimum absolute atomic E-state index is 0.0949. The van der Waals surface area contributed by atoms with Gasteiger partial charge in [-0.05, 0) is 43.7 Å². The van der Waals surface area contributed by atoms with Crippen molar-refractivity contribution in [1.82, 2.24) is 14.7 Å². The van der Waals surface area contributed by atoms with E-state index in [-0.39, 0.29) is 11.7 Å². The van der Waals surface area contributed by atoms with Gasteiger partial charge in [-0.15, -0.1) is 11.3 Å². The second-order valence-electron chi connectivity index (χ2n) is 5.45. The quantitative estimate of drug-likeness (QED) is 0.727. The molecule has 6 heteroatoms. The van der Waals surface area contributed by atoms with Gasteiger partial charge in [0, 0.05) is 18.5 Å². The van der Waals surface area contributed by atoms with Gasteiger partial charge in [-0.1, -0.05) is 0 Å². The van der Waals surface area contributed by atoms with Crippen molar-refractivity contribution in [2.75, 3.05) is 13.1 Å². The number of halogens is 1. The van der Waals surface area contributed by atoms with E-state index in [4.69, 9.17) is 0 Å². The molecule has 0 spiro atoms. The van der Waals surface area contributed by atoms with Gasteiger partial charge in [0.05, 0.1) is 16.3 Å². The Balaban J connectivity index is 1.80. The molecule has 2 aromatic heterocycles. The van der Waals surface area contributed by atoms with Crippen molar-refractivity contribution in [2.45, 2.75) is 13.3 Å². The first-order valence-corrected chi connectivity index (χ1v) is 7.99. The maximum Gasteiger partial charge on any atom is 0.264 e. The average Bonchev–Trinajstić information content (AvgIpc) is 2.99. The van der Waals surface area contributed by atoms with Gasteiger partial charge < -0.3 is 4.90 Å². The van der Waals surface area contributed by atoms with Crippen molar-refractivity contribution < 1.29 is 9.18 Å². The highest BCUT2D eigenvalue weighted by atomic mass is 32.1. The van der Waals surface area contributed by atoms with E-state index in [9.17, 15) is 9.18 Å². The van der Waals surface area contributed by atoms with Gasteiger partial charge in [-0.3, -0.25) is 4.79 Å². The van der Waals surface area contributed by atoms with Gasteiger partial charge in [0.2, 0.25) is 0 Å². The molecule has 1 aromatic carbocycles. The zero-order chi connectivity index (χ0) is 15.3. The molecule has 0 N–H and O–H groups in total. The monoisotopic (exact) mass is 315 g/mol. The van der Waals surface area contributed by atoms with E-state index in [1.165, 1.54) is 23.5 Å². The molecule has 1 fully saturated rings. The molecule has 0 bridgehead atoms. The van der Waals surface area contributed by atoms with Crippen molar-refractivity contribution in [2.24, 2.45) is 0 Å². The van der Waals surface area contributed by atoms with Crippen LogP contribution in [0.4, 0.5) is 4.39 Å². The molecule has 1 saturated heterocycles. The Morgan fingerprint density at radius 3 is 2.64 bits per heavy atom. The Morgan fingerprint density at radius 1 is 1.27 bits per heavy atom. The number of hydrogen-bond donors (Lipinski definition) is 0. The fourth-order valence-corrected chi connectivity index (χ4v) is 3.74. The molecule has 4 nitrogen and oxygen atoms in total. The van der Waals surface area contributed by atoms with Crippen LogP contribution in [-0.2, 0) is 0 Å². The van der Waals surface area contributed by atoms with Crippen molar-refractivity contribution in [3.05, 3.63) is 46.7 Å². The number of benzene rings is 1. The summed E-state index contributed by atoms with van der Waals surface area (Å²) in [5.41, 5.74) is 1.67. The Kier molecular flexibility index (Phi) is 3.00. The number of rotatable bonds is 2. The zero-order valence-electron chi connectivity index (χ0n) is 12.0. The van der Waals surface area contributed by atoms with Crippen LogP contribution in [0.2, 0.25) is 0 Å². The van der Waals surface area contributed by atoms with Crippen LogP contribution in [0.3, 0.4) is 0 Å². The predicted octanol–water partition coefficient (Wildman–Crippen LogP) is 3.38. The van der Waals surface area contributed by atoms with Crippen molar-refractivity contribution in [3.8, 4) is 5.69 Å². The zero-order valence-corrected chi connectivity index (χ0v) is 12.9. The molecule has 1 aliphatic rings. The van der Waals surface area contributed by atoms with Crippen molar-refractivity contribution in [1.29, 1.82) is 0 Å². The number of nitrogens with zero attached hydrogens (tertiary/aromatic N) is 3. The summed E-state index contributed by atoms with van der Waals surface area (Å²) in [7, 11) is 0. The van der Waals surface area contributed by atoms with E-state index in [0.717, 1.165) is 46.0 Å². The van der Waals surface area contributed by atoms with Crippen LogP contribution < -0.4 is 0 Å². The molecule has 3 heterocycles. The molecule has 3 aromatic rings. The first kappa shape index (κ1) is 13.5.